The highest BCUT2D eigenvalue weighted by Gasteiger charge is 2.19. The number of hydrogen-bond donors (Lipinski definition) is 3. The largest absolute Gasteiger partial charge is 0.480 e. The summed E-state index contributed by atoms with van der Waals surface area (Å²) in [6, 6.07) is -0.722. The molecule has 0 aromatic rings. The normalized spacial score (nSPS) is 14.8. The van der Waals surface area contributed by atoms with Crippen molar-refractivity contribution in [3.63, 3.8) is 0 Å². The molecular weight excluding hydrogens is 134 g/mol. The lowest BCUT2D eigenvalue weighted by molar-refractivity contribution is -0.141. The molecule has 0 bridgehead atoms. The lowest BCUT2D eigenvalue weighted by Gasteiger charge is -2.21. The molecule has 0 fully saturated rings. The van der Waals surface area contributed by atoms with Gasteiger partial charge in [-0.25, -0.2) is 0 Å². The lowest BCUT2D eigenvalue weighted by Crippen LogP contribution is -2.47. The predicted octanol–water partition coefficient (Wildman–Crippen LogP) is -0.223. The first-order valence-corrected chi connectivity index (χ1v) is 3.06. The van der Waals surface area contributed by atoms with Crippen LogP contribution in [0.3, 0.4) is 0 Å². The Balaban J connectivity index is 3.80. The smallest absolute Gasteiger partial charge is 0.320 e. The topological polar surface area (TPSA) is 69.6 Å². The Morgan fingerprint density at radius 3 is 2.10 bits per heavy atom. The SMILES string of the molecule is CC(NC(C)(C)O)C(=O)O. The average molecular weight is 147 g/mol. The third-order valence-corrected chi connectivity index (χ3v) is 0.940. The van der Waals surface area contributed by atoms with E-state index < -0.39 is 17.7 Å². The van der Waals surface area contributed by atoms with E-state index in [0.717, 1.165) is 0 Å². The van der Waals surface area contributed by atoms with Gasteiger partial charge in [0.25, 0.3) is 0 Å². The third kappa shape index (κ3) is 4.29. The second-order valence-electron chi connectivity index (χ2n) is 2.76. The standard InChI is InChI=1S/C6H13NO3/c1-4(5(8)9)7-6(2,3)10/h4,7,10H,1-3H3,(H,8,9). The van der Waals surface area contributed by atoms with Gasteiger partial charge in [0.05, 0.1) is 0 Å². The Hall–Kier alpha value is -0.610. The number of hydrogen-bond acceptors (Lipinski definition) is 3. The van der Waals surface area contributed by atoms with Crippen LogP contribution in [0.5, 0.6) is 0 Å². The maximum Gasteiger partial charge on any atom is 0.320 e. The second kappa shape index (κ2) is 2.98. The molecule has 60 valence electrons. The van der Waals surface area contributed by atoms with Crippen molar-refractivity contribution in [2.75, 3.05) is 0 Å². The summed E-state index contributed by atoms with van der Waals surface area (Å²) >= 11 is 0. The van der Waals surface area contributed by atoms with Crippen LogP contribution in [0.15, 0.2) is 0 Å². The number of rotatable bonds is 3. The Kier molecular flexibility index (Phi) is 2.80. The monoisotopic (exact) mass is 147 g/mol. The van der Waals surface area contributed by atoms with Crippen LogP contribution in [0, 0.1) is 0 Å². The molecule has 0 aliphatic rings. The number of carboxylic acids is 1. The zero-order valence-electron chi connectivity index (χ0n) is 6.38. The number of carboxylic acid groups (broad SMARTS) is 1. The highest BCUT2D eigenvalue weighted by Crippen LogP contribution is 1.96. The fourth-order valence-corrected chi connectivity index (χ4v) is 0.592. The van der Waals surface area contributed by atoms with Gasteiger partial charge in [-0.1, -0.05) is 0 Å². The van der Waals surface area contributed by atoms with Crippen LogP contribution in [0.2, 0.25) is 0 Å². The molecule has 4 heteroatoms. The highest BCUT2D eigenvalue weighted by molar-refractivity contribution is 5.72. The number of carbonyl (C=O) groups is 1. The minimum atomic E-state index is -1.13. The van der Waals surface area contributed by atoms with Gasteiger partial charge in [-0.15, -0.1) is 0 Å². The fourth-order valence-electron chi connectivity index (χ4n) is 0.592. The van der Waals surface area contributed by atoms with E-state index in [9.17, 15) is 4.79 Å². The van der Waals surface area contributed by atoms with Gasteiger partial charge in [-0.05, 0) is 20.8 Å². The van der Waals surface area contributed by atoms with Crippen molar-refractivity contribution < 1.29 is 15.0 Å². The summed E-state index contributed by atoms with van der Waals surface area (Å²) < 4.78 is 0. The molecular formula is C6H13NO3. The summed E-state index contributed by atoms with van der Waals surface area (Å²) in [7, 11) is 0. The first kappa shape index (κ1) is 9.39. The highest BCUT2D eigenvalue weighted by atomic mass is 16.4. The van der Waals surface area contributed by atoms with Gasteiger partial charge in [0.2, 0.25) is 0 Å². The molecule has 0 heterocycles. The van der Waals surface area contributed by atoms with Crippen LogP contribution >= 0.6 is 0 Å². The van der Waals surface area contributed by atoms with Gasteiger partial charge in [-0.3, -0.25) is 10.1 Å². The summed E-state index contributed by atoms with van der Waals surface area (Å²) in [6.07, 6.45) is 0. The Bertz CT molecular complexity index is 127. The summed E-state index contributed by atoms with van der Waals surface area (Å²) in [6.45, 7) is 4.46. The van der Waals surface area contributed by atoms with E-state index in [0.29, 0.717) is 0 Å². The van der Waals surface area contributed by atoms with Crippen molar-refractivity contribution in [1.29, 1.82) is 0 Å². The summed E-state index contributed by atoms with van der Waals surface area (Å²) in [5.41, 5.74) is -1.13. The second-order valence-corrected chi connectivity index (χ2v) is 2.76. The number of aliphatic hydroxyl groups is 1. The molecule has 0 aromatic heterocycles. The molecule has 4 nitrogen and oxygen atoms in total. The van der Waals surface area contributed by atoms with Crippen LogP contribution in [-0.2, 0) is 4.79 Å². The molecule has 0 radical (unpaired) electrons. The van der Waals surface area contributed by atoms with Crippen LogP contribution in [0.1, 0.15) is 20.8 Å². The van der Waals surface area contributed by atoms with E-state index in [4.69, 9.17) is 10.2 Å². The molecule has 0 amide bonds. The molecule has 0 aliphatic carbocycles. The maximum absolute atomic E-state index is 10.2. The van der Waals surface area contributed by atoms with Crippen LogP contribution in [0.25, 0.3) is 0 Å². The van der Waals surface area contributed by atoms with E-state index in [1.807, 2.05) is 0 Å². The molecule has 0 aliphatic heterocycles. The van der Waals surface area contributed by atoms with Gasteiger partial charge in [0, 0.05) is 0 Å². The molecule has 0 saturated heterocycles. The van der Waals surface area contributed by atoms with Crippen LogP contribution in [0.4, 0.5) is 0 Å². The van der Waals surface area contributed by atoms with Crippen molar-refractivity contribution >= 4 is 5.97 Å². The van der Waals surface area contributed by atoms with Gasteiger partial charge >= 0.3 is 5.97 Å². The average Bonchev–Trinajstić information content (AvgIpc) is 1.60. The van der Waals surface area contributed by atoms with Crippen molar-refractivity contribution in [3.05, 3.63) is 0 Å². The van der Waals surface area contributed by atoms with Crippen LogP contribution < -0.4 is 5.32 Å². The molecule has 1 atom stereocenters. The quantitative estimate of drug-likeness (QED) is 0.482. The van der Waals surface area contributed by atoms with Gasteiger partial charge in [0.15, 0.2) is 0 Å². The van der Waals surface area contributed by atoms with E-state index in [1.165, 1.54) is 20.8 Å². The number of nitrogens with one attached hydrogen (secondary N) is 1. The molecule has 3 N–H and O–H groups in total. The van der Waals surface area contributed by atoms with E-state index in [1.54, 1.807) is 0 Å². The van der Waals surface area contributed by atoms with Crippen molar-refractivity contribution in [2.45, 2.75) is 32.5 Å². The van der Waals surface area contributed by atoms with Crippen LogP contribution in [-0.4, -0.2) is 27.9 Å². The predicted molar refractivity (Wildman–Crippen MR) is 36.5 cm³/mol. The first-order chi connectivity index (χ1) is 4.33. The van der Waals surface area contributed by atoms with E-state index in [-0.39, 0.29) is 0 Å². The molecule has 0 saturated carbocycles. The molecule has 1 unspecified atom stereocenters. The molecule has 0 spiro atoms. The zero-order valence-corrected chi connectivity index (χ0v) is 6.38. The zero-order chi connectivity index (χ0) is 8.36. The summed E-state index contributed by atoms with van der Waals surface area (Å²) in [5.74, 6) is -0.970. The number of aliphatic carboxylic acids is 1. The molecule has 0 rings (SSSR count). The minimum absolute atomic E-state index is 0.722. The Labute approximate surface area is 59.9 Å². The third-order valence-electron chi connectivity index (χ3n) is 0.940. The molecule has 10 heavy (non-hydrogen) atoms. The Morgan fingerprint density at radius 2 is 2.00 bits per heavy atom. The van der Waals surface area contributed by atoms with E-state index >= 15 is 0 Å². The lowest BCUT2D eigenvalue weighted by atomic mass is 10.2. The minimum Gasteiger partial charge on any atom is -0.480 e. The summed E-state index contributed by atoms with van der Waals surface area (Å²) in [4.78, 5) is 10.2. The molecule has 0 aromatic carbocycles. The van der Waals surface area contributed by atoms with Gasteiger partial charge in [0.1, 0.15) is 11.8 Å². The van der Waals surface area contributed by atoms with E-state index in [2.05, 4.69) is 5.32 Å². The van der Waals surface area contributed by atoms with Gasteiger partial charge in [-0.2, -0.15) is 0 Å². The fraction of sp³-hybridized carbons (Fsp3) is 0.833. The van der Waals surface area contributed by atoms with Crippen molar-refractivity contribution in [3.8, 4) is 0 Å². The van der Waals surface area contributed by atoms with Crippen molar-refractivity contribution in [2.24, 2.45) is 0 Å². The van der Waals surface area contributed by atoms with Gasteiger partial charge < -0.3 is 10.2 Å². The first-order valence-electron chi connectivity index (χ1n) is 3.06. The Morgan fingerprint density at radius 1 is 1.60 bits per heavy atom. The summed E-state index contributed by atoms with van der Waals surface area (Å²) in [5, 5.41) is 19.9. The van der Waals surface area contributed by atoms with Crippen molar-refractivity contribution in [1.82, 2.24) is 5.32 Å². The maximum atomic E-state index is 10.2.